The van der Waals surface area contributed by atoms with Gasteiger partial charge in [0.2, 0.25) is 5.91 Å². The molecule has 3 N–H and O–H groups in total. The molecule has 3 aromatic rings. The number of amides is 1. The Bertz CT molecular complexity index is 1260. The predicted octanol–water partition coefficient (Wildman–Crippen LogP) is 4.40. The number of aliphatic hydroxyl groups excluding tert-OH is 1. The van der Waals surface area contributed by atoms with E-state index in [1.54, 1.807) is 6.07 Å². The molecule has 2 aromatic carbocycles. The first-order valence-electron chi connectivity index (χ1n) is 11.3. The number of hydrogen-bond donors (Lipinski definition) is 3. The predicted molar refractivity (Wildman–Crippen MR) is 121 cm³/mol. The zero-order valence-corrected chi connectivity index (χ0v) is 19.2. The standard InChI is InChI=1S/C25H24F5N3O3/c1-13(34)32-12-24(35)18-9-23(27)20(17-4-5-31-10-19(17)18)11-33-14-6-16(7-14)36-15-2-3-22(26)21(8-15)25(28,29)30/h2-5,8-10,14,16,24,33,35H,6-7,11-12H2,1H3,(H,32,34). The van der Waals surface area contributed by atoms with E-state index in [0.29, 0.717) is 40.8 Å². The van der Waals surface area contributed by atoms with Crippen LogP contribution in [0.25, 0.3) is 10.8 Å². The lowest BCUT2D eigenvalue weighted by Gasteiger charge is -2.36. The molecule has 1 aromatic heterocycles. The van der Waals surface area contributed by atoms with Gasteiger partial charge in [0.25, 0.3) is 0 Å². The lowest BCUT2D eigenvalue weighted by Crippen LogP contribution is -2.46. The molecule has 4 rings (SSSR count). The zero-order chi connectivity index (χ0) is 26.0. The summed E-state index contributed by atoms with van der Waals surface area (Å²) in [6.07, 6.45) is -2.29. The molecule has 1 aliphatic carbocycles. The highest BCUT2D eigenvalue weighted by Crippen LogP contribution is 2.35. The van der Waals surface area contributed by atoms with Gasteiger partial charge < -0.3 is 20.5 Å². The molecule has 1 unspecified atom stereocenters. The third-order valence-electron chi connectivity index (χ3n) is 6.14. The van der Waals surface area contributed by atoms with Crippen LogP contribution in [0.3, 0.4) is 0 Å². The summed E-state index contributed by atoms with van der Waals surface area (Å²) in [6, 6.07) is 5.35. The molecule has 1 amide bonds. The molecule has 0 bridgehead atoms. The van der Waals surface area contributed by atoms with E-state index in [0.717, 1.165) is 12.1 Å². The number of aliphatic hydroxyl groups is 1. The minimum absolute atomic E-state index is 0.0566. The average Bonchev–Trinajstić information content (AvgIpc) is 2.79. The third kappa shape index (κ3) is 5.73. The van der Waals surface area contributed by atoms with Crippen LogP contribution < -0.4 is 15.4 Å². The fourth-order valence-electron chi connectivity index (χ4n) is 4.19. The van der Waals surface area contributed by atoms with Gasteiger partial charge in [-0.2, -0.15) is 13.2 Å². The van der Waals surface area contributed by atoms with Crippen molar-refractivity contribution in [3.8, 4) is 5.75 Å². The fourth-order valence-corrected chi connectivity index (χ4v) is 4.19. The molecular weight excluding hydrogens is 485 g/mol. The second-order valence-corrected chi connectivity index (χ2v) is 8.73. The Kier molecular flexibility index (Phi) is 7.41. The molecule has 0 spiro atoms. The normalized spacial score (nSPS) is 18.5. The van der Waals surface area contributed by atoms with Gasteiger partial charge in [0.1, 0.15) is 23.5 Å². The summed E-state index contributed by atoms with van der Waals surface area (Å²) >= 11 is 0. The van der Waals surface area contributed by atoms with Crippen molar-refractivity contribution >= 4 is 16.7 Å². The van der Waals surface area contributed by atoms with Crippen LogP contribution in [0.15, 0.2) is 42.7 Å². The quantitative estimate of drug-likeness (QED) is 0.392. The van der Waals surface area contributed by atoms with Gasteiger partial charge in [-0.1, -0.05) is 0 Å². The van der Waals surface area contributed by atoms with Crippen molar-refractivity contribution in [2.75, 3.05) is 6.54 Å². The van der Waals surface area contributed by atoms with Gasteiger partial charge in [-0.15, -0.1) is 0 Å². The zero-order valence-electron chi connectivity index (χ0n) is 19.2. The largest absolute Gasteiger partial charge is 0.490 e. The van der Waals surface area contributed by atoms with E-state index in [1.807, 2.05) is 0 Å². The monoisotopic (exact) mass is 509 g/mol. The van der Waals surface area contributed by atoms with Crippen LogP contribution in [0.5, 0.6) is 5.75 Å². The fraction of sp³-hybridized carbons (Fsp3) is 0.360. The summed E-state index contributed by atoms with van der Waals surface area (Å²) in [5.41, 5.74) is -0.695. The number of benzene rings is 2. The van der Waals surface area contributed by atoms with Crippen molar-refractivity contribution in [1.29, 1.82) is 0 Å². The molecule has 0 radical (unpaired) electrons. The van der Waals surface area contributed by atoms with Crippen LogP contribution in [0.4, 0.5) is 22.0 Å². The van der Waals surface area contributed by atoms with Crippen LogP contribution in [0, 0.1) is 11.6 Å². The molecule has 1 heterocycles. The van der Waals surface area contributed by atoms with Gasteiger partial charge in [-0.05, 0) is 54.1 Å². The number of aromatic nitrogens is 1. The average molecular weight is 509 g/mol. The first-order valence-corrected chi connectivity index (χ1v) is 11.3. The Morgan fingerprint density at radius 3 is 2.61 bits per heavy atom. The van der Waals surface area contributed by atoms with Gasteiger partial charge in [0.15, 0.2) is 0 Å². The molecule has 11 heteroatoms. The summed E-state index contributed by atoms with van der Waals surface area (Å²) in [4.78, 5) is 15.2. The van der Waals surface area contributed by atoms with Gasteiger partial charge in [0.05, 0.1) is 11.7 Å². The van der Waals surface area contributed by atoms with Crippen molar-refractivity contribution in [3.05, 3.63) is 71.1 Å². The highest BCUT2D eigenvalue weighted by Gasteiger charge is 2.36. The van der Waals surface area contributed by atoms with Gasteiger partial charge in [0, 0.05) is 49.4 Å². The minimum Gasteiger partial charge on any atom is -0.490 e. The van der Waals surface area contributed by atoms with Crippen molar-refractivity contribution in [2.24, 2.45) is 0 Å². The van der Waals surface area contributed by atoms with Crippen molar-refractivity contribution in [1.82, 2.24) is 15.6 Å². The summed E-state index contributed by atoms with van der Waals surface area (Å²) in [5.74, 6) is -2.27. The Morgan fingerprint density at radius 1 is 1.17 bits per heavy atom. The number of halogens is 5. The molecule has 36 heavy (non-hydrogen) atoms. The van der Waals surface area contributed by atoms with Gasteiger partial charge in [-0.3, -0.25) is 9.78 Å². The van der Waals surface area contributed by atoms with Crippen LogP contribution >= 0.6 is 0 Å². The molecule has 1 saturated carbocycles. The summed E-state index contributed by atoms with van der Waals surface area (Å²) in [5, 5.41) is 17.3. The molecular formula is C25H24F5N3O3. The molecule has 6 nitrogen and oxygen atoms in total. The first kappa shape index (κ1) is 25.8. The highest BCUT2D eigenvalue weighted by molar-refractivity contribution is 5.88. The van der Waals surface area contributed by atoms with Crippen molar-refractivity contribution < 1.29 is 36.6 Å². The van der Waals surface area contributed by atoms with Crippen LogP contribution in [-0.4, -0.2) is 34.7 Å². The number of rotatable bonds is 8. The summed E-state index contributed by atoms with van der Waals surface area (Å²) < 4.78 is 72.7. The SMILES string of the molecule is CC(=O)NCC(O)c1cc(F)c(CNC2CC(Oc3ccc(F)c(C(F)(F)F)c3)C2)c2ccncc12. The maximum atomic E-state index is 15.0. The second-order valence-electron chi connectivity index (χ2n) is 8.73. The number of hydrogen-bond acceptors (Lipinski definition) is 5. The molecule has 0 saturated heterocycles. The Hall–Kier alpha value is -3.31. The van der Waals surface area contributed by atoms with E-state index in [2.05, 4.69) is 15.6 Å². The van der Waals surface area contributed by atoms with Crippen LogP contribution in [-0.2, 0) is 17.5 Å². The van der Waals surface area contributed by atoms with Crippen molar-refractivity contribution in [3.63, 3.8) is 0 Å². The molecule has 1 fully saturated rings. The lowest BCUT2D eigenvalue weighted by molar-refractivity contribution is -0.140. The topological polar surface area (TPSA) is 83.5 Å². The number of ether oxygens (including phenoxy) is 1. The molecule has 1 atom stereocenters. The number of nitrogens with zero attached hydrogens (tertiary/aromatic N) is 1. The summed E-state index contributed by atoms with van der Waals surface area (Å²) in [7, 11) is 0. The minimum atomic E-state index is -4.81. The second kappa shape index (κ2) is 10.4. The van der Waals surface area contributed by atoms with E-state index >= 15 is 4.39 Å². The van der Waals surface area contributed by atoms with Gasteiger partial charge in [-0.25, -0.2) is 8.78 Å². The van der Waals surface area contributed by atoms with E-state index < -0.39 is 29.5 Å². The highest BCUT2D eigenvalue weighted by atomic mass is 19.4. The molecule has 1 aliphatic rings. The summed E-state index contributed by atoms with van der Waals surface area (Å²) in [6.45, 7) is 1.41. The maximum absolute atomic E-state index is 15.0. The van der Waals surface area contributed by atoms with E-state index in [-0.39, 0.29) is 36.9 Å². The van der Waals surface area contributed by atoms with E-state index in [9.17, 15) is 27.5 Å². The Morgan fingerprint density at radius 2 is 1.92 bits per heavy atom. The molecule has 0 aliphatic heterocycles. The molecule has 192 valence electrons. The number of carbonyl (C=O) groups excluding carboxylic acids is 1. The van der Waals surface area contributed by atoms with Crippen LogP contribution in [0.2, 0.25) is 0 Å². The smallest absolute Gasteiger partial charge is 0.419 e. The van der Waals surface area contributed by atoms with Crippen LogP contribution in [0.1, 0.15) is 42.6 Å². The van der Waals surface area contributed by atoms with E-state index in [4.69, 9.17) is 4.74 Å². The number of alkyl halides is 3. The number of pyridine rings is 1. The van der Waals surface area contributed by atoms with E-state index in [1.165, 1.54) is 25.4 Å². The Labute approximate surface area is 203 Å². The maximum Gasteiger partial charge on any atom is 0.419 e. The Balaban J connectivity index is 1.39. The lowest BCUT2D eigenvalue weighted by atomic mass is 9.88. The first-order chi connectivity index (χ1) is 17.0. The third-order valence-corrected chi connectivity index (χ3v) is 6.14. The van der Waals surface area contributed by atoms with Crippen molar-refractivity contribution in [2.45, 2.75) is 50.7 Å². The number of fused-ring (bicyclic) bond motifs is 1. The number of carbonyl (C=O) groups is 1. The van der Waals surface area contributed by atoms with Gasteiger partial charge >= 0.3 is 6.18 Å². The number of nitrogens with one attached hydrogen (secondary N) is 2.